The first kappa shape index (κ1) is 20.1. The van der Waals surface area contributed by atoms with E-state index < -0.39 is 11.6 Å². The van der Waals surface area contributed by atoms with Crippen LogP contribution in [0.4, 0.5) is 10.5 Å². The van der Waals surface area contributed by atoms with Gasteiger partial charge in [-0.2, -0.15) is 0 Å². The van der Waals surface area contributed by atoms with E-state index in [1.807, 2.05) is 58.0 Å². The Kier molecular flexibility index (Phi) is 6.89. The average Bonchev–Trinajstić information content (AvgIpc) is 2.59. The Morgan fingerprint density at radius 2 is 1.81 bits per heavy atom. The van der Waals surface area contributed by atoms with E-state index in [-0.39, 0.29) is 18.0 Å². The summed E-state index contributed by atoms with van der Waals surface area (Å²) < 4.78 is 10.7. The molecule has 1 unspecified atom stereocenters. The molecular weight excluding hydrogens is 332 g/mol. The van der Waals surface area contributed by atoms with Crippen LogP contribution in [0.2, 0.25) is 0 Å². The molecular formula is C20H30N2O4. The molecule has 1 aromatic rings. The Balaban J connectivity index is 1.99. The van der Waals surface area contributed by atoms with Gasteiger partial charge in [0.05, 0.1) is 6.61 Å². The van der Waals surface area contributed by atoms with Gasteiger partial charge in [0, 0.05) is 18.8 Å². The normalized spacial score (nSPS) is 16.7. The third kappa shape index (κ3) is 5.93. The van der Waals surface area contributed by atoms with E-state index in [9.17, 15) is 9.59 Å². The van der Waals surface area contributed by atoms with Crippen LogP contribution in [0.5, 0.6) is 0 Å². The number of hydrogen-bond donors (Lipinski definition) is 1. The maximum absolute atomic E-state index is 12.5. The first-order valence-corrected chi connectivity index (χ1v) is 9.26. The first-order valence-electron chi connectivity index (χ1n) is 9.26. The van der Waals surface area contributed by atoms with Gasteiger partial charge >= 0.3 is 12.1 Å². The highest BCUT2D eigenvalue weighted by Gasteiger charge is 2.34. The van der Waals surface area contributed by atoms with Gasteiger partial charge in [-0.15, -0.1) is 0 Å². The Hall–Kier alpha value is -2.24. The predicted octanol–water partition coefficient (Wildman–Crippen LogP) is 3.68. The Morgan fingerprint density at radius 3 is 2.35 bits per heavy atom. The summed E-state index contributed by atoms with van der Waals surface area (Å²) >= 11 is 0. The Bertz CT molecular complexity index is 590. The fourth-order valence-corrected chi connectivity index (χ4v) is 3.06. The molecule has 0 spiro atoms. The van der Waals surface area contributed by atoms with Crippen molar-refractivity contribution in [1.29, 1.82) is 0 Å². The number of ether oxygens (including phenoxy) is 2. The van der Waals surface area contributed by atoms with Gasteiger partial charge in [0.1, 0.15) is 11.6 Å². The average molecular weight is 362 g/mol. The van der Waals surface area contributed by atoms with Crippen molar-refractivity contribution in [2.24, 2.45) is 5.92 Å². The van der Waals surface area contributed by atoms with Crippen LogP contribution in [-0.2, 0) is 14.3 Å². The summed E-state index contributed by atoms with van der Waals surface area (Å²) in [6.45, 7) is 8.89. The number of rotatable bonds is 5. The Labute approximate surface area is 155 Å². The number of para-hydroxylation sites is 1. The number of benzene rings is 1. The molecule has 144 valence electrons. The van der Waals surface area contributed by atoms with Gasteiger partial charge in [-0.05, 0) is 58.6 Å². The highest BCUT2D eigenvalue weighted by molar-refractivity contribution is 5.79. The lowest BCUT2D eigenvalue weighted by Gasteiger charge is -2.36. The van der Waals surface area contributed by atoms with Crippen LogP contribution >= 0.6 is 0 Å². The molecule has 26 heavy (non-hydrogen) atoms. The summed E-state index contributed by atoms with van der Waals surface area (Å²) in [5.74, 6) is -0.139. The largest absolute Gasteiger partial charge is 0.464 e. The number of hydrogen-bond acceptors (Lipinski definition) is 5. The van der Waals surface area contributed by atoms with Crippen molar-refractivity contribution in [2.45, 2.75) is 52.2 Å². The zero-order valence-electron chi connectivity index (χ0n) is 16.2. The molecule has 6 heteroatoms. The number of amides is 1. The fraction of sp³-hybridized carbons (Fsp3) is 0.600. The van der Waals surface area contributed by atoms with Crippen molar-refractivity contribution in [1.82, 2.24) is 4.90 Å². The fourth-order valence-electron chi connectivity index (χ4n) is 3.06. The summed E-state index contributed by atoms with van der Waals surface area (Å²) in [6, 6.07) is 9.23. The molecule has 1 aliphatic heterocycles. The van der Waals surface area contributed by atoms with Crippen LogP contribution < -0.4 is 5.32 Å². The monoisotopic (exact) mass is 362 g/mol. The Morgan fingerprint density at radius 1 is 1.19 bits per heavy atom. The van der Waals surface area contributed by atoms with Crippen molar-refractivity contribution < 1.29 is 19.1 Å². The summed E-state index contributed by atoms with van der Waals surface area (Å²) in [5, 5.41) is 3.31. The van der Waals surface area contributed by atoms with Gasteiger partial charge in [0.15, 0.2) is 0 Å². The molecule has 1 atom stereocenters. The highest BCUT2D eigenvalue weighted by atomic mass is 16.6. The van der Waals surface area contributed by atoms with Crippen molar-refractivity contribution in [2.75, 3.05) is 25.0 Å². The third-order valence-corrected chi connectivity index (χ3v) is 4.30. The summed E-state index contributed by atoms with van der Waals surface area (Å²) in [7, 11) is 0. The SMILES string of the molecule is CCOC(=O)C(Nc1ccccc1)C1CCN(C(=O)OC(C)(C)C)CC1. The number of carbonyl (C=O) groups excluding carboxylic acids is 2. The van der Waals surface area contributed by atoms with Crippen molar-refractivity contribution in [3.63, 3.8) is 0 Å². The molecule has 0 bridgehead atoms. The molecule has 1 fully saturated rings. The lowest BCUT2D eigenvalue weighted by atomic mass is 9.89. The molecule has 0 saturated carbocycles. The van der Waals surface area contributed by atoms with Gasteiger partial charge in [-0.25, -0.2) is 9.59 Å². The molecule has 1 aromatic carbocycles. The van der Waals surface area contributed by atoms with E-state index >= 15 is 0 Å². The number of anilines is 1. The molecule has 0 aromatic heterocycles. The lowest BCUT2D eigenvalue weighted by molar-refractivity contribution is -0.145. The highest BCUT2D eigenvalue weighted by Crippen LogP contribution is 2.25. The summed E-state index contributed by atoms with van der Waals surface area (Å²) in [6.07, 6.45) is 1.16. The molecule has 1 aliphatic rings. The lowest BCUT2D eigenvalue weighted by Crippen LogP contribution is -2.47. The zero-order valence-corrected chi connectivity index (χ0v) is 16.2. The van der Waals surface area contributed by atoms with Gasteiger partial charge in [-0.1, -0.05) is 18.2 Å². The van der Waals surface area contributed by atoms with Gasteiger partial charge < -0.3 is 19.7 Å². The topological polar surface area (TPSA) is 67.9 Å². The van der Waals surface area contributed by atoms with Crippen LogP contribution in [-0.4, -0.2) is 48.3 Å². The van der Waals surface area contributed by atoms with E-state index in [4.69, 9.17) is 9.47 Å². The van der Waals surface area contributed by atoms with E-state index in [1.165, 1.54) is 0 Å². The third-order valence-electron chi connectivity index (χ3n) is 4.30. The smallest absolute Gasteiger partial charge is 0.410 e. The van der Waals surface area contributed by atoms with Crippen LogP contribution in [0.15, 0.2) is 30.3 Å². The van der Waals surface area contributed by atoms with Gasteiger partial charge in [-0.3, -0.25) is 0 Å². The molecule has 1 saturated heterocycles. The van der Waals surface area contributed by atoms with Crippen molar-refractivity contribution in [3.8, 4) is 0 Å². The molecule has 1 heterocycles. The number of piperidine rings is 1. The number of nitrogens with zero attached hydrogens (tertiary/aromatic N) is 1. The molecule has 2 rings (SSSR count). The predicted molar refractivity (Wildman–Crippen MR) is 101 cm³/mol. The molecule has 1 amide bonds. The summed E-state index contributed by atoms with van der Waals surface area (Å²) in [5.41, 5.74) is 0.385. The molecule has 1 N–H and O–H groups in total. The minimum atomic E-state index is -0.504. The van der Waals surface area contributed by atoms with E-state index in [0.29, 0.717) is 19.7 Å². The number of carbonyl (C=O) groups is 2. The zero-order chi connectivity index (χ0) is 19.2. The van der Waals surface area contributed by atoms with Crippen LogP contribution in [0, 0.1) is 5.92 Å². The van der Waals surface area contributed by atoms with E-state index in [1.54, 1.807) is 4.90 Å². The second-order valence-electron chi connectivity index (χ2n) is 7.54. The second-order valence-corrected chi connectivity index (χ2v) is 7.54. The van der Waals surface area contributed by atoms with Gasteiger partial charge in [0.25, 0.3) is 0 Å². The maximum atomic E-state index is 12.5. The maximum Gasteiger partial charge on any atom is 0.410 e. The quantitative estimate of drug-likeness (QED) is 0.810. The molecule has 6 nitrogen and oxygen atoms in total. The number of esters is 1. The minimum absolute atomic E-state index is 0.105. The van der Waals surface area contributed by atoms with Crippen LogP contribution in [0.25, 0.3) is 0 Å². The first-order chi connectivity index (χ1) is 12.3. The van der Waals surface area contributed by atoms with E-state index in [0.717, 1.165) is 18.5 Å². The summed E-state index contributed by atoms with van der Waals surface area (Å²) in [4.78, 5) is 26.4. The van der Waals surface area contributed by atoms with Crippen LogP contribution in [0.1, 0.15) is 40.5 Å². The molecule has 0 aliphatic carbocycles. The standard InChI is InChI=1S/C20H30N2O4/c1-5-25-18(23)17(21-16-9-7-6-8-10-16)15-11-13-22(14-12-15)19(24)26-20(2,3)4/h6-10,15,17,21H,5,11-14H2,1-4H3. The minimum Gasteiger partial charge on any atom is -0.464 e. The molecule has 0 radical (unpaired) electrons. The van der Waals surface area contributed by atoms with Gasteiger partial charge in [0.2, 0.25) is 0 Å². The van der Waals surface area contributed by atoms with Crippen molar-refractivity contribution >= 4 is 17.7 Å². The van der Waals surface area contributed by atoms with Crippen LogP contribution in [0.3, 0.4) is 0 Å². The second kappa shape index (κ2) is 8.92. The van der Waals surface area contributed by atoms with Crippen molar-refractivity contribution in [3.05, 3.63) is 30.3 Å². The number of nitrogens with one attached hydrogen (secondary N) is 1. The van der Waals surface area contributed by atoms with E-state index in [2.05, 4.69) is 5.32 Å². The number of likely N-dealkylation sites (tertiary alicyclic amines) is 1.